The van der Waals surface area contributed by atoms with Crippen LogP contribution in [0.2, 0.25) is 5.02 Å². The summed E-state index contributed by atoms with van der Waals surface area (Å²) in [4.78, 5) is 13.1. The summed E-state index contributed by atoms with van der Waals surface area (Å²) in [6.07, 6.45) is 0.840. The first kappa shape index (κ1) is 17.5. The summed E-state index contributed by atoms with van der Waals surface area (Å²) in [5, 5.41) is 4.84. The zero-order chi connectivity index (χ0) is 18.0. The Hall–Kier alpha value is -2.30. The number of fused-ring (bicyclic) bond motifs is 1. The normalized spacial score (nSPS) is 11.0. The molecule has 4 nitrogen and oxygen atoms in total. The lowest BCUT2D eigenvalue weighted by atomic mass is 10.1. The van der Waals surface area contributed by atoms with Crippen LogP contribution in [0.15, 0.2) is 42.5 Å². The maximum Gasteiger partial charge on any atom is 0.262 e. The molecular formula is C20H21ClN2O2. The summed E-state index contributed by atoms with van der Waals surface area (Å²) in [6.45, 7) is 2.83. The highest BCUT2D eigenvalue weighted by Gasteiger charge is 2.20. The molecule has 0 saturated carbocycles. The molecule has 25 heavy (non-hydrogen) atoms. The Bertz CT molecular complexity index is 914. The Labute approximate surface area is 152 Å². The van der Waals surface area contributed by atoms with E-state index in [2.05, 4.69) is 5.32 Å². The van der Waals surface area contributed by atoms with Crippen molar-refractivity contribution in [2.45, 2.75) is 13.3 Å². The second-order valence-electron chi connectivity index (χ2n) is 5.95. The van der Waals surface area contributed by atoms with Gasteiger partial charge in [0.2, 0.25) is 0 Å². The first-order valence-electron chi connectivity index (χ1n) is 8.19. The van der Waals surface area contributed by atoms with Crippen LogP contribution in [0, 0.1) is 6.92 Å². The minimum Gasteiger partial charge on any atom is -0.497 e. The van der Waals surface area contributed by atoms with Gasteiger partial charge < -0.3 is 10.1 Å². The molecule has 0 atom stereocenters. The molecule has 0 bridgehead atoms. The number of halogens is 1. The number of carbonyl (C=O) groups excluding carboxylic acids is 1. The summed E-state index contributed by atoms with van der Waals surface area (Å²) < 4.78 is 7.15. The van der Waals surface area contributed by atoms with Crippen LogP contribution in [0.1, 0.15) is 21.6 Å². The molecule has 130 valence electrons. The average molecular weight is 357 g/mol. The van der Waals surface area contributed by atoms with Gasteiger partial charge in [-0.3, -0.25) is 9.36 Å². The van der Waals surface area contributed by atoms with E-state index in [-0.39, 0.29) is 5.91 Å². The van der Waals surface area contributed by atoms with Crippen LogP contribution in [0.4, 0.5) is 0 Å². The fourth-order valence-electron chi connectivity index (χ4n) is 3.14. The van der Waals surface area contributed by atoms with Gasteiger partial charge in [-0.25, -0.2) is 0 Å². The molecule has 0 aliphatic rings. The van der Waals surface area contributed by atoms with E-state index in [1.54, 1.807) is 35.9 Å². The van der Waals surface area contributed by atoms with Crippen LogP contribution in [-0.4, -0.2) is 31.2 Å². The zero-order valence-corrected chi connectivity index (χ0v) is 15.4. The molecule has 0 radical (unpaired) electrons. The summed E-state index contributed by atoms with van der Waals surface area (Å²) in [5.74, 6) is 0.731. The molecule has 1 N–H and O–H groups in total. The van der Waals surface area contributed by atoms with Gasteiger partial charge in [-0.05, 0) is 75.0 Å². The Morgan fingerprint density at radius 2 is 1.92 bits per heavy atom. The number of nitrogens with one attached hydrogen (secondary N) is 1. The highest BCUT2D eigenvalue weighted by molar-refractivity contribution is 6.30. The van der Waals surface area contributed by atoms with Gasteiger partial charge in [-0.15, -0.1) is 0 Å². The highest BCUT2D eigenvalue weighted by Crippen LogP contribution is 2.30. The van der Waals surface area contributed by atoms with Crippen LogP contribution in [-0.2, 0) is 6.42 Å². The smallest absolute Gasteiger partial charge is 0.262 e. The first-order valence-corrected chi connectivity index (χ1v) is 8.57. The lowest BCUT2D eigenvalue weighted by Gasteiger charge is -2.08. The third-order valence-electron chi connectivity index (χ3n) is 4.46. The SMILES string of the molecule is CNCCc1c(C)n(C(=O)c2ccc(Cl)cc2)c2ccc(OC)cc12. The van der Waals surface area contributed by atoms with E-state index in [1.165, 1.54) is 0 Å². The Kier molecular flexibility index (Phi) is 5.11. The fraction of sp³-hybridized carbons (Fsp3) is 0.250. The molecule has 2 aromatic carbocycles. The topological polar surface area (TPSA) is 43.3 Å². The molecule has 5 heteroatoms. The lowest BCUT2D eigenvalue weighted by molar-refractivity contribution is 0.0963. The Morgan fingerprint density at radius 1 is 1.20 bits per heavy atom. The van der Waals surface area contributed by atoms with E-state index in [0.29, 0.717) is 10.6 Å². The van der Waals surface area contributed by atoms with Gasteiger partial charge in [0.25, 0.3) is 5.91 Å². The second-order valence-corrected chi connectivity index (χ2v) is 6.38. The van der Waals surface area contributed by atoms with E-state index in [9.17, 15) is 4.79 Å². The van der Waals surface area contributed by atoms with Gasteiger partial charge in [0.05, 0.1) is 12.6 Å². The van der Waals surface area contributed by atoms with Crippen LogP contribution >= 0.6 is 11.6 Å². The number of likely N-dealkylation sites (N-methyl/N-ethyl adjacent to an activating group) is 1. The molecule has 1 aromatic heterocycles. The van der Waals surface area contributed by atoms with Gasteiger partial charge in [0.15, 0.2) is 0 Å². The molecule has 0 amide bonds. The second kappa shape index (κ2) is 7.30. The number of hydrogen-bond donors (Lipinski definition) is 1. The molecule has 0 spiro atoms. The lowest BCUT2D eigenvalue weighted by Crippen LogP contribution is -2.15. The van der Waals surface area contributed by atoms with Crippen LogP contribution in [0.3, 0.4) is 0 Å². The van der Waals surface area contributed by atoms with Crippen molar-refractivity contribution in [1.29, 1.82) is 0 Å². The van der Waals surface area contributed by atoms with Gasteiger partial charge in [-0.1, -0.05) is 11.6 Å². The minimum absolute atomic E-state index is 0.0555. The van der Waals surface area contributed by atoms with Crippen molar-refractivity contribution in [3.63, 3.8) is 0 Å². The number of rotatable bonds is 5. The van der Waals surface area contributed by atoms with Crippen molar-refractivity contribution in [3.05, 3.63) is 64.3 Å². The largest absolute Gasteiger partial charge is 0.497 e. The molecule has 1 heterocycles. The van der Waals surface area contributed by atoms with Gasteiger partial charge in [0, 0.05) is 21.7 Å². The number of aromatic nitrogens is 1. The van der Waals surface area contributed by atoms with E-state index in [1.807, 2.05) is 32.2 Å². The van der Waals surface area contributed by atoms with Crippen LogP contribution in [0.25, 0.3) is 10.9 Å². The maximum absolute atomic E-state index is 13.1. The van der Waals surface area contributed by atoms with E-state index in [0.717, 1.165) is 40.9 Å². The first-order chi connectivity index (χ1) is 12.1. The summed E-state index contributed by atoms with van der Waals surface area (Å²) >= 11 is 5.94. The van der Waals surface area contributed by atoms with Gasteiger partial charge in [-0.2, -0.15) is 0 Å². The number of methoxy groups -OCH3 is 1. The van der Waals surface area contributed by atoms with Crippen LogP contribution < -0.4 is 10.1 Å². The summed E-state index contributed by atoms with van der Waals surface area (Å²) in [6, 6.07) is 12.8. The molecule has 0 fully saturated rings. The Morgan fingerprint density at radius 3 is 2.56 bits per heavy atom. The van der Waals surface area contributed by atoms with Crippen molar-refractivity contribution < 1.29 is 9.53 Å². The number of benzene rings is 2. The quantitative estimate of drug-likeness (QED) is 0.749. The van der Waals surface area contributed by atoms with E-state index in [4.69, 9.17) is 16.3 Å². The van der Waals surface area contributed by atoms with Crippen molar-refractivity contribution in [2.24, 2.45) is 0 Å². The van der Waals surface area contributed by atoms with Gasteiger partial charge >= 0.3 is 0 Å². The van der Waals surface area contributed by atoms with E-state index < -0.39 is 0 Å². The van der Waals surface area contributed by atoms with Gasteiger partial charge in [0.1, 0.15) is 5.75 Å². The number of ether oxygens (including phenoxy) is 1. The summed E-state index contributed by atoms with van der Waals surface area (Å²) in [7, 11) is 3.57. The number of nitrogens with zero attached hydrogens (tertiary/aromatic N) is 1. The molecule has 0 saturated heterocycles. The Balaban J connectivity index is 2.18. The third-order valence-corrected chi connectivity index (χ3v) is 4.71. The minimum atomic E-state index is -0.0555. The predicted molar refractivity (Wildman–Crippen MR) is 102 cm³/mol. The molecular weight excluding hydrogens is 336 g/mol. The third kappa shape index (κ3) is 3.28. The monoisotopic (exact) mass is 356 g/mol. The fourth-order valence-corrected chi connectivity index (χ4v) is 3.26. The molecule has 0 aliphatic heterocycles. The molecule has 0 unspecified atom stereocenters. The molecule has 0 aliphatic carbocycles. The predicted octanol–water partition coefficient (Wildman–Crippen LogP) is 4.06. The van der Waals surface area contributed by atoms with E-state index >= 15 is 0 Å². The highest BCUT2D eigenvalue weighted by atomic mass is 35.5. The number of hydrogen-bond acceptors (Lipinski definition) is 3. The zero-order valence-electron chi connectivity index (χ0n) is 14.6. The molecule has 3 aromatic rings. The summed E-state index contributed by atoms with van der Waals surface area (Å²) in [5.41, 5.74) is 3.62. The van der Waals surface area contributed by atoms with Crippen molar-refractivity contribution >= 4 is 28.4 Å². The number of carbonyl (C=O) groups is 1. The van der Waals surface area contributed by atoms with Crippen LogP contribution in [0.5, 0.6) is 5.75 Å². The van der Waals surface area contributed by atoms with Crippen molar-refractivity contribution in [3.8, 4) is 5.75 Å². The maximum atomic E-state index is 13.1. The van der Waals surface area contributed by atoms with Crippen molar-refractivity contribution in [2.75, 3.05) is 20.7 Å². The van der Waals surface area contributed by atoms with Crippen molar-refractivity contribution in [1.82, 2.24) is 9.88 Å². The standard InChI is InChI=1S/C20H21ClN2O2/c1-13-17(10-11-22-2)18-12-16(25-3)8-9-19(18)23(13)20(24)14-4-6-15(21)7-5-14/h4-9,12,22H,10-11H2,1-3H3. The average Bonchev–Trinajstić information content (AvgIpc) is 2.90. The molecule has 3 rings (SSSR count).